The van der Waals surface area contributed by atoms with Crippen LogP contribution in [0, 0.1) is 0 Å². The Kier molecular flexibility index (Phi) is 4.25. The summed E-state index contributed by atoms with van der Waals surface area (Å²) in [5.74, 6) is 0.611. The minimum atomic E-state index is 0.611. The van der Waals surface area contributed by atoms with Gasteiger partial charge in [0.05, 0.1) is 17.8 Å². The van der Waals surface area contributed by atoms with E-state index in [9.17, 15) is 0 Å². The molecule has 0 unspecified atom stereocenters. The molecule has 3 N–H and O–H groups in total. The lowest BCUT2D eigenvalue weighted by Gasteiger charge is -2.10. The highest BCUT2D eigenvalue weighted by molar-refractivity contribution is 6.31. The molecule has 0 radical (unpaired) electrons. The lowest BCUT2D eigenvalue weighted by molar-refractivity contribution is 0.505. The maximum atomic E-state index is 5.92. The van der Waals surface area contributed by atoms with Gasteiger partial charge in [0.25, 0.3) is 0 Å². The molecule has 6 heteroatoms. The van der Waals surface area contributed by atoms with E-state index in [1.807, 2.05) is 24.3 Å². The Morgan fingerprint density at radius 3 is 2.55 bits per heavy atom. The van der Waals surface area contributed by atoms with Gasteiger partial charge in [0.15, 0.2) is 0 Å². The summed E-state index contributed by atoms with van der Waals surface area (Å²) in [6.45, 7) is 0.687. The van der Waals surface area contributed by atoms with Gasteiger partial charge in [-0.05, 0) is 29.3 Å². The van der Waals surface area contributed by atoms with E-state index in [0.717, 1.165) is 16.8 Å². The van der Waals surface area contributed by atoms with Crippen molar-refractivity contribution in [1.82, 2.24) is 10.2 Å². The summed E-state index contributed by atoms with van der Waals surface area (Å²) in [6.07, 6.45) is 1.97. The first kappa shape index (κ1) is 14.4. The van der Waals surface area contributed by atoms with Gasteiger partial charge in [-0.3, -0.25) is 0 Å². The van der Waals surface area contributed by atoms with Gasteiger partial charge in [-0.2, -0.15) is 0 Å². The fourth-order valence-electron chi connectivity index (χ4n) is 2.11. The molecule has 1 aromatic heterocycles. The van der Waals surface area contributed by atoms with Crippen LogP contribution in [0.2, 0.25) is 5.02 Å². The molecule has 112 valence electrons. The van der Waals surface area contributed by atoms with E-state index < -0.39 is 0 Å². The van der Waals surface area contributed by atoms with E-state index in [4.69, 9.17) is 21.8 Å². The summed E-state index contributed by atoms with van der Waals surface area (Å²) < 4.78 is 5.14. The molecule has 0 aliphatic rings. The van der Waals surface area contributed by atoms with Crippen molar-refractivity contribution in [3.63, 3.8) is 0 Å². The van der Waals surface area contributed by atoms with Crippen molar-refractivity contribution in [2.75, 3.05) is 11.1 Å². The summed E-state index contributed by atoms with van der Waals surface area (Å²) >= 11 is 5.88. The van der Waals surface area contributed by atoms with E-state index in [0.29, 0.717) is 29.6 Å². The van der Waals surface area contributed by atoms with Crippen LogP contribution < -0.4 is 11.1 Å². The quantitative estimate of drug-likeness (QED) is 0.705. The Morgan fingerprint density at radius 1 is 1.09 bits per heavy atom. The third kappa shape index (κ3) is 3.56. The molecular formula is C16H15ClN4O. The molecule has 0 fully saturated rings. The van der Waals surface area contributed by atoms with Crippen molar-refractivity contribution in [1.29, 1.82) is 0 Å². The topological polar surface area (TPSA) is 77.0 Å². The molecule has 0 spiro atoms. The predicted molar refractivity (Wildman–Crippen MR) is 86.7 cm³/mol. The lowest BCUT2D eigenvalue weighted by Crippen LogP contribution is -2.02. The number of hydrogen-bond acceptors (Lipinski definition) is 5. The third-order valence-corrected chi connectivity index (χ3v) is 3.52. The molecular weight excluding hydrogens is 300 g/mol. The zero-order valence-electron chi connectivity index (χ0n) is 11.8. The monoisotopic (exact) mass is 314 g/mol. The fourth-order valence-corrected chi connectivity index (χ4v) is 2.29. The van der Waals surface area contributed by atoms with E-state index in [2.05, 4.69) is 27.6 Å². The molecule has 3 aromatic rings. The molecule has 0 amide bonds. The van der Waals surface area contributed by atoms with Crippen LogP contribution in [0.25, 0.3) is 0 Å². The van der Waals surface area contributed by atoms with E-state index in [1.54, 1.807) is 6.07 Å². The molecule has 0 aliphatic carbocycles. The number of rotatable bonds is 5. The summed E-state index contributed by atoms with van der Waals surface area (Å²) in [5, 5.41) is 11.5. The molecule has 0 atom stereocenters. The highest BCUT2D eigenvalue weighted by Crippen LogP contribution is 2.23. The second-order valence-corrected chi connectivity index (χ2v) is 5.35. The van der Waals surface area contributed by atoms with Gasteiger partial charge < -0.3 is 15.5 Å². The number of nitrogens with one attached hydrogen (secondary N) is 1. The summed E-state index contributed by atoms with van der Waals surface area (Å²) in [6, 6.07) is 13.6. The summed E-state index contributed by atoms with van der Waals surface area (Å²) in [4.78, 5) is 0. The highest BCUT2D eigenvalue weighted by Gasteiger charge is 2.03. The predicted octanol–water partition coefficient (Wildman–Crippen LogP) is 3.51. The minimum absolute atomic E-state index is 0.611. The first-order valence-electron chi connectivity index (χ1n) is 6.82. The smallest absolute Gasteiger partial charge is 0.220 e. The zero-order chi connectivity index (χ0) is 15.4. The average molecular weight is 315 g/mol. The van der Waals surface area contributed by atoms with Crippen LogP contribution in [-0.2, 0) is 13.0 Å². The van der Waals surface area contributed by atoms with Crippen molar-refractivity contribution in [2.45, 2.75) is 13.0 Å². The molecule has 1 heterocycles. The number of benzene rings is 2. The number of halogens is 1. The van der Waals surface area contributed by atoms with Crippen molar-refractivity contribution in [2.24, 2.45) is 0 Å². The van der Waals surface area contributed by atoms with Gasteiger partial charge in [-0.25, -0.2) is 0 Å². The Labute approximate surface area is 133 Å². The molecule has 0 aliphatic heterocycles. The molecule has 5 nitrogen and oxygen atoms in total. The van der Waals surface area contributed by atoms with Crippen LogP contribution in [0.15, 0.2) is 53.3 Å². The first-order chi connectivity index (χ1) is 10.7. The van der Waals surface area contributed by atoms with Gasteiger partial charge >= 0.3 is 0 Å². The van der Waals surface area contributed by atoms with Crippen LogP contribution >= 0.6 is 11.6 Å². The van der Waals surface area contributed by atoms with E-state index in [1.165, 1.54) is 6.39 Å². The largest absolute Gasteiger partial charge is 0.428 e. The molecule has 0 saturated heterocycles. The number of nitrogens with zero attached hydrogens (tertiary/aromatic N) is 2. The van der Waals surface area contributed by atoms with Crippen molar-refractivity contribution in [3.05, 3.63) is 70.9 Å². The molecule has 0 saturated carbocycles. The minimum Gasteiger partial charge on any atom is -0.428 e. The number of anilines is 2. The maximum absolute atomic E-state index is 5.92. The summed E-state index contributed by atoms with van der Waals surface area (Å²) in [7, 11) is 0. The van der Waals surface area contributed by atoms with Gasteiger partial charge in [0.2, 0.25) is 12.3 Å². The van der Waals surface area contributed by atoms with Crippen molar-refractivity contribution in [3.8, 4) is 0 Å². The van der Waals surface area contributed by atoms with Crippen LogP contribution in [0.3, 0.4) is 0 Å². The maximum Gasteiger partial charge on any atom is 0.220 e. The SMILES string of the molecule is Nc1cc(Cl)ccc1NCc1ccc(Cc2nnco2)cc1. The number of aromatic nitrogens is 2. The van der Waals surface area contributed by atoms with E-state index >= 15 is 0 Å². The average Bonchev–Trinajstić information content (AvgIpc) is 3.01. The van der Waals surface area contributed by atoms with Crippen molar-refractivity contribution < 1.29 is 4.42 Å². The Bertz CT molecular complexity index is 741. The third-order valence-electron chi connectivity index (χ3n) is 3.28. The normalized spacial score (nSPS) is 10.6. The standard InChI is InChI=1S/C16H15ClN4O/c17-13-5-6-15(14(18)8-13)19-9-12-3-1-11(2-4-12)7-16-21-20-10-22-16/h1-6,8,10,19H,7,9,18H2. The Hall–Kier alpha value is -2.53. The Morgan fingerprint density at radius 2 is 1.86 bits per heavy atom. The number of hydrogen-bond donors (Lipinski definition) is 2. The van der Waals surface area contributed by atoms with Gasteiger partial charge in [0, 0.05) is 11.6 Å². The number of nitrogen functional groups attached to an aromatic ring is 1. The molecule has 0 bridgehead atoms. The van der Waals surface area contributed by atoms with Gasteiger partial charge in [-0.1, -0.05) is 35.9 Å². The molecule has 3 rings (SSSR count). The van der Waals surface area contributed by atoms with Crippen molar-refractivity contribution >= 4 is 23.0 Å². The van der Waals surface area contributed by atoms with Gasteiger partial charge in [0.1, 0.15) is 0 Å². The zero-order valence-corrected chi connectivity index (χ0v) is 12.5. The van der Waals surface area contributed by atoms with E-state index in [-0.39, 0.29) is 0 Å². The van der Waals surface area contributed by atoms with Crippen LogP contribution in [0.1, 0.15) is 17.0 Å². The highest BCUT2D eigenvalue weighted by atomic mass is 35.5. The van der Waals surface area contributed by atoms with Crippen LogP contribution in [0.5, 0.6) is 0 Å². The van der Waals surface area contributed by atoms with Crippen LogP contribution in [-0.4, -0.2) is 10.2 Å². The lowest BCUT2D eigenvalue weighted by atomic mass is 10.1. The van der Waals surface area contributed by atoms with Gasteiger partial charge in [-0.15, -0.1) is 10.2 Å². The molecule has 22 heavy (non-hydrogen) atoms. The van der Waals surface area contributed by atoms with Crippen LogP contribution in [0.4, 0.5) is 11.4 Å². The summed E-state index contributed by atoms with van der Waals surface area (Å²) in [5.41, 5.74) is 9.71. The number of nitrogens with two attached hydrogens (primary N) is 1. The molecule has 2 aromatic carbocycles. The Balaban J connectivity index is 1.61. The first-order valence-corrected chi connectivity index (χ1v) is 7.20. The second kappa shape index (κ2) is 6.49. The fraction of sp³-hybridized carbons (Fsp3) is 0.125. The second-order valence-electron chi connectivity index (χ2n) is 4.91.